The lowest BCUT2D eigenvalue weighted by atomic mass is 10.0. The second-order valence-electron chi connectivity index (χ2n) is 21.8. The minimum absolute atomic E-state index is 0.0309. The normalized spacial score (nSPS) is 18.7. The van der Waals surface area contributed by atoms with Crippen molar-refractivity contribution in [2.45, 2.75) is 105 Å². The van der Waals surface area contributed by atoms with E-state index in [1.54, 1.807) is 24.3 Å². The molecule has 0 bridgehead atoms. The summed E-state index contributed by atoms with van der Waals surface area (Å²) in [6.45, 7) is 14.5. The number of urea groups is 1. The molecule has 4 aliphatic rings. The number of Topliss-reactive ketones (excluding diaryl/α,β-unsaturated/α-hetero) is 1. The lowest BCUT2D eigenvalue weighted by Gasteiger charge is -2.36. The van der Waals surface area contributed by atoms with Crippen LogP contribution < -0.4 is 34.9 Å². The topological polar surface area (TPSA) is 253 Å². The van der Waals surface area contributed by atoms with Gasteiger partial charge in [0, 0.05) is 81.9 Å². The first-order valence-corrected chi connectivity index (χ1v) is 33.6. The summed E-state index contributed by atoms with van der Waals surface area (Å²) in [6.07, 6.45) is 6.56. The molecule has 2 saturated heterocycles. The molecule has 4 aromatic rings. The fourth-order valence-electron chi connectivity index (χ4n) is 11.4. The first kappa shape index (κ1) is 68.3. The summed E-state index contributed by atoms with van der Waals surface area (Å²) in [7, 11) is -8.15. The Kier molecular flexibility index (Phi) is 26.4. The molecular formula is C61H77Cl2F2N9O12S2. The summed E-state index contributed by atoms with van der Waals surface area (Å²) in [5, 5.41) is 19.4. The molecule has 0 spiro atoms. The molecule has 0 radical (unpaired) electrons. The largest absolute Gasteiger partial charge is 0.481 e. The molecule has 5 N–H and O–H groups in total. The summed E-state index contributed by atoms with van der Waals surface area (Å²) in [4.78, 5) is 32.3. The van der Waals surface area contributed by atoms with Crippen molar-refractivity contribution in [1.82, 2.24) is 35.2 Å². The van der Waals surface area contributed by atoms with Crippen molar-refractivity contribution < 1.29 is 63.6 Å². The van der Waals surface area contributed by atoms with Crippen LogP contribution >= 0.6 is 23.2 Å². The zero-order valence-electron chi connectivity index (χ0n) is 49.1. The molecule has 4 atom stereocenters. The maximum absolute atomic E-state index is 15.6. The Bertz CT molecular complexity index is 3110. The number of unbranched alkanes of at least 4 members (excludes halogenated alkanes) is 2. The SMILES string of the molecule is [C-]#[N+]c1cc(Cl)cc2c1C[C@H](N1CCCCC1)[C@H]2Oc1ccc(S(=O)(=O)NCCOCCOCCCC(=O)CCCCCNC(=O)NCCOCCOCCNS(=O)(=O)c2ccc(O[C@H]3c4cc(Cl)cc(C#N)c4C[C@@H]3N3CCNCC3)c(F)c2)cc1F. The molecule has 2 aliphatic heterocycles. The second-order valence-corrected chi connectivity index (χ2v) is 26.2. The van der Waals surface area contributed by atoms with Crippen LogP contribution in [0.1, 0.15) is 97.8 Å². The summed E-state index contributed by atoms with van der Waals surface area (Å²) in [5.74, 6) is -1.78. The van der Waals surface area contributed by atoms with Gasteiger partial charge in [-0.2, -0.15) is 5.26 Å². The predicted octanol–water partition coefficient (Wildman–Crippen LogP) is 7.71. The molecule has 478 valence electrons. The Labute approximate surface area is 524 Å². The van der Waals surface area contributed by atoms with E-state index in [1.807, 2.05) is 0 Å². The minimum atomic E-state index is -4.09. The van der Waals surface area contributed by atoms with Gasteiger partial charge in [-0.3, -0.25) is 14.6 Å². The molecule has 88 heavy (non-hydrogen) atoms. The monoisotopic (exact) mass is 1300 g/mol. The van der Waals surface area contributed by atoms with Gasteiger partial charge in [-0.05, 0) is 141 Å². The number of ether oxygens (including phenoxy) is 6. The van der Waals surface area contributed by atoms with Crippen molar-refractivity contribution in [3.8, 4) is 17.6 Å². The van der Waals surface area contributed by atoms with Crippen LogP contribution in [0.4, 0.5) is 19.3 Å². The molecule has 2 heterocycles. The van der Waals surface area contributed by atoms with E-state index in [0.717, 1.165) is 93.8 Å². The number of carbonyl (C=O) groups excluding carboxylic acids is 2. The number of piperidine rings is 1. The van der Waals surface area contributed by atoms with Crippen molar-refractivity contribution in [3.05, 3.63) is 122 Å². The molecule has 2 aliphatic carbocycles. The average Bonchev–Trinajstić information content (AvgIpc) is 2.01. The van der Waals surface area contributed by atoms with Gasteiger partial charge in [0.15, 0.2) is 28.8 Å². The number of sulfonamides is 2. The Balaban J connectivity index is 0.593. The van der Waals surface area contributed by atoms with Crippen molar-refractivity contribution in [1.29, 1.82) is 5.26 Å². The Hall–Kier alpha value is -5.62. The lowest BCUT2D eigenvalue weighted by molar-refractivity contribution is -0.119. The molecule has 0 aromatic heterocycles. The van der Waals surface area contributed by atoms with Crippen LogP contribution in [-0.2, 0) is 56.6 Å². The second kappa shape index (κ2) is 34.0. The number of hydrogen-bond donors (Lipinski definition) is 5. The van der Waals surface area contributed by atoms with E-state index >= 15 is 8.78 Å². The summed E-state index contributed by atoms with van der Waals surface area (Å²) in [6, 6.07) is 15.3. The third kappa shape index (κ3) is 19.4. The van der Waals surface area contributed by atoms with Gasteiger partial charge < -0.3 is 44.4 Å². The van der Waals surface area contributed by atoms with E-state index in [-0.39, 0.29) is 111 Å². The number of piperazine rings is 1. The number of nitrogens with one attached hydrogen (secondary N) is 5. The van der Waals surface area contributed by atoms with Crippen LogP contribution in [0.2, 0.25) is 10.0 Å². The maximum Gasteiger partial charge on any atom is 0.314 e. The van der Waals surface area contributed by atoms with Gasteiger partial charge >= 0.3 is 6.03 Å². The summed E-state index contributed by atoms with van der Waals surface area (Å²) >= 11 is 12.8. The van der Waals surface area contributed by atoms with Gasteiger partial charge in [-0.25, -0.2) is 44.7 Å². The number of amides is 2. The highest BCUT2D eigenvalue weighted by atomic mass is 35.5. The Morgan fingerprint density at radius 2 is 1.14 bits per heavy atom. The van der Waals surface area contributed by atoms with Crippen LogP contribution in [0.5, 0.6) is 11.5 Å². The number of nitrogens with zero attached hydrogens (tertiary/aromatic N) is 4. The number of ketones is 1. The average molecular weight is 1300 g/mol. The fourth-order valence-corrected chi connectivity index (χ4v) is 13.9. The first-order chi connectivity index (χ1) is 42.5. The van der Waals surface area contributed by atoms with Crippen LogP contribution in [0.25, 0.3) is 4.85 Å². The number of likely N-dealkylation sites (tertiary alicyclic amines) is 1. The van der Waals surface area contributed by atoms with Crippen molar-refractivity contribution >= 4 is 60.8 Å². The number of hydrogen-bond acceptors (Lipinski definition) is 16. The molecule has 4 aromatic carbocycles. The van der Waals surface area contributed by atoms with Gasteiger partial charge in [0.1, 0.15) is 18.0 Å². The van der Waals surface area contributed by atoms with E-state index in [4.69, 9.17) is 58.2 Å². The fraction of sp³-hybridized carbons (Fsp3) is 0.541. The van der Waals surface area contributed by atoms with Gasteiger partial charge in [0.2, 0.25) is 20.0 Å². The third-order valence-corrected chi connectivity index (χ3v) is 19.1. The van der Waals surface area contributed by atoms with Crippen LogP contribution in [-0.4, -0.2) is 169 Å². The lowest BCUT2D eigenvalue weighted by Crippen LogP contribution is -2.50. The van der Waals surface area contributed by atoms with Gasteiger partial charge in [0.25, 0.3) is 0 Å². The van der Waals surface area contributed by atoms with E-state index in [0.29, 0.717) is 85.0 Å². The van der Waals surface area contributed by atoms with Crippen LogP contribution in [0, 0.1) is 29.5 Å². The standard InChI is InChI=1S/C61H77Cl2F2N9O12S2/c1-67-54-36-44(63)35-51-49(54)40-56(73-21-6-3-7-22-73)60(51)86-58-14-12-47(38-53(58)65)88(79,80)71-19-27-83-30-29-81-25-8-10-45(75)9-4-2-5-15-69-61(76)70-18-26-82-31-32-84-28-20-72-87(77,78)46-11-13-57(52(64)37-46)85-59-50-34-43(62)33-42(41-66)48(50)39-55(59)74-23-16-68-17-24-74/h11-14,33-38,55-56,59-60,68,71-72H,2-10,15-32,39-40H2,(H2,69,70,76)/t55-,56-,59-,60-/m0/s1. The van der Waals surface area contributed by atoms with E-state index < -0.39 is 43.9 Å². The number of fused-ring (bicyclic) bond motifs is 2. The molecule has 21 nitrogen and oxygen atoms in total. The Morgan fingerprint density at radius 1 is 0.625 bits per heavy atom. The molecule has 27 heteroatoms. The van der Waals surface area contributed by atoms with Crippen molar-refractivity contribution in [3.63, 3.8) is 0 Å². The summed E-state index contributed by atoms with van der Waals surface area (Å²) in [5.41, 5.74) is 3.99. The zero-order chi connectivity index (χ0) is 62.5. The number of rotatable bonds is 35. The highest BCUT2D eigenvalue weighted by Crippen LogP contribution is 2.45. The van der Waals surface area contributed by atoms with Crippen LogP contribution in [0.15, 0.2) is 70.5 Å². The highest BCUT2D eigenvalue weighted by molar-refractivity contribution is 7.89. The molecular weight excluding hydrogens is 1220 g/mol. The number of nitriles is 1. The molecule has 8 rings (SSSR count). The molecule has 2 fully saturated rings. The van der Waals surface area contributed by atoms with E-state index in [2.05, 4.69) is 46.1 Å². The van der Waals surface area contributed by atoms with Crippen molar-refractivity contribution in [2.24, 2.45) is 0 Å². The number of carbonyl (C=O) groups is 2. The molecule has 0 unspecified atom stereocenters. The molecule has 2 amide bonds. The van der Waals surface area contributed by atoms with E-state index in [9.17, 15) is 31.7 Å². The van der Waals surface area contributed by atoms with Gasteiger partial charge in [-0.15, -0.1) is 0 Å². The first-order valence-electron chi connectivity index (χ1n) is 29.9. The maximum atomic E-state index is 15.6. The van der Waals surface area contributed by atoms with Gasteiger partial charge in [-0.1, -0.05) is 36.0 Å². The van der Waals surface area contributed by atoms with E-state index in [1.165, 1.54) is 24.3 Å². The third-order valence-electron chi connectivity index (χ3n) is 15.8. The highest BCUT2D eigenvalue weighted by Gasteiger charge is 2.42. The number of benzene rings is 4. The number of halogens is 4. The van der Waals surface area contributed by atoms with Crippen molar-refractivity contribution in [2.75, 3.05) is 118 Å². The smallest absolute Gasteiger partial charge is 0.314 e. The zero-order valence-corrected chi connectivity index (χ0v) is 52.3. The summed E-state index contributed by atoms with van der Waals surface area (Å²) < 4.78 is 123. The predicted molar refractivity (Wildman–Crippen MR) is 326 cm³/mol. The minimum Gasteiger partial charge on any atom is -0.481 e. The quantitative estimate of drug-likeness (QED) is 0.0218. The molecule has 0 saturated carbocycles. The van der Waals surface area contributed by atoms with Gasteiger partial charge in [0.05, 0.1) is 86.3 Å². The Morgan fingerprint density at radius 3 is 1.70 bits per heavy atom. The van der Waals surface area contributed by atoms with Crippen LogP contribution in [0.3, 0.4) is 0 Å².